The van der Waals surface area contributed by atoms with Crippen LogP contribution in [0, 0.1) is 0 Å². The molecule has 0 aromatic heterocycles. The summed E-state index contributed by atoms with van der Waals surface area (Å²) in [6.45, 7) is 1.19. The first-order valence-corrected chi connectivity index (χ1v) is 9.01. The Hall–Kier alpha value is -0.170. The molecule has 2 unspecified atom stereocenters. The van der Waals surface area contributed by atoms with Crippen molar-refractivity contribution in [2.24, 2.45) is 0 Å². The Balaban J connectivity index is 1.57. The van der Waals surface area contributed by atoms with Crippen molar-refractivity contribution < 1.29 is 18.3 Å². The van der Waals surface area contributed by atoms with E-state index in [1.54, 1.807) is 0 Å². The fourth-order valence-corrected chi connectivity index (χ4v) is 4.66. The average Bonchev–Trinajstić information content (AvgIpc) is 2.97. The third kappa shape index (κ3) is 4.70. The molecule has 2 rings (SSSR count). The van der Waals surface area contributed by atoms with Gasteiger partial charge >= 0.3 is 0 Å². The molecule has 2 aliphatic rings. The number of sulfone groups is 1. The van der Waals surface area contributed by atoms with Crippen molar-refractivity contribution in [2.75, 3.05) is 25.4 Å². The molecule has 1 aliphatic carbocycles. The summed E-state index contributed by atoms with van der Waals surface area (Å²) in [4.78, 5) is 0. The Bertz CT molecular complexity index is 365. The Morgan fingerprint density at radius 1 is 1.21 bits per heavy atom. The van der Waals surface area contributed by atoms with Gasteiger partial charge < -0.3 is 15.2 Å². The average molecular weight is 291 g/mol. The molecule has 2 fully saturated rings. The van der Waals surface area contributed by atoms with Gasteiger partial charge in [0.05, 0.1) is 29.8 Å². The van der Waals surface area contributed by atoms with Crippen LogP contribution in [0.15, 0.2) is 0 Å². The van der Waals surface area contributed by atoms with Gasteiger partial charge in [0.25, 0.3) is 0 Å². The van der Waals surface area contributed by atoms with Crippen molar-refractivity contribution in [1.29, 1.82) is 0 Å². The fraction of sp³-hybridized carbons (Fsp3) is 1.00. The molecule has 2 atom stereocenters. The quantitative estimate of drug-likeness (QED) is 0.713. The van der Waals surface area contributed by atoms with E-state index in [0.717, 1.165) is 25.7 Å². The predicted molar refractivity (Wildman–Crippen MR) is 73.9 cm³/mol. The van der Waals surface area contributed by atoms with Crippen molar-refractivity contribution in [2.45, 2.75) is 56.0 Å². The van der Waals surface area contributed by atoms with E-state index in [9.17, 15) is 13.5 Å². The van der Waals surface area contributed by atoms with E-state index in [1.807, 2.05) is 0 Å². The molecule has 1 saturated heterocycles. The van der Waals surface area contributed by atoms with Gasteiger partial charge in [-0.05, 0) is 25.7 Å². The highest BCUT2D eigenvalue weighted by Crippen LogP contribution is 2.21. The Labute approximate surface area is 115 Å². The molecule has 0 radical (unpaired) electrons. The number of rotatable bonds is 7. The molecule has 6 heteroatoms. The van der Waals surface area contributed by atoms with Gasteiger partial charge in [0.2, 0.25) is 0 Å². The topological polar surface area (TPSA) is 75.6 Å². The van der Waals surface area contributed by atoms with Crippen LogP contribution in [0.3, 0.4) is 0 Å². The molecule has 2 N–H and O–H groups in total. The molecular formula is C13H25NO4S. The highest BCUT2D eigenvalue weighted by Gasteiger charge is 2.30. The molecule has 0 amide bonds. The minimum atomic E-state index is -2.89. The van der Waals surface area contributed by atoms with Gasteiger partial charge in [-0.2, -0.15) is 0 Å². The molecule has 0 aromatic rings. The summed E-state index contributed by atoms with van der Waals surface area (Å²) in [5.74, 6) is 0.312. The number of aliphatic hydroxyl groups excluding tert-OH is 1. The number of hydrogen-bond acceptors (Lipinski definition) is 5. The molecular weight excluding hydrogens is 266 g/mol. The second-order valence-corrected chi connectivity index (χ2v) is 8.08. The highest BCUT2D eigenvalue weighted by atomic mass is 32.2. The lowest BCUT2D eigenvalue weighted by molar-refractivity contribution is -0.00532. The predicted octanol–water partition coefficient (Wildman–Crippen LogP) is 0.473. The van der Waals surface area contributed by atoms with E-state index < -0.39 is 15.9 Å². The standard InChI is InChI=1S/C13H25NO4S/c15-11(10-18-12-4-1-2-5-12)8-14-9-13-6-3-7-19(13,16)17/h11-15H,1-10H2. The Morgan fingerprint density at radius 3 is 2.58 bits per heavy atom. The first-order valence-electron chi connectivity index (χ1n) is 7.30. The van der Waals surface area contributed by atoms with E-state index in [1.165, 1.54) is 12.8 Å². The van der Waals surface area contributed by atoms with Gasteiger partial charge in [-0.15, -0.1) is 0 Å². The number of hydrogen-bond donors (Lipinski definition) is 2. The van der Waals surface area contributed by atoms with Gasteiger partial charge in [0, 0.05) is 13.1 Å². The van der Waals surface area contributed by atoms with Crippen LogP contribution in [0.2, 0.25) is 0 Å². The minimum absolute atomic E-state index is 0.268. The summed E-state index contributed by atoms with van der Waals surface area (Å²) < 4.78 is 28.8. The monoisotopic (exact) mass is 291 g/mol. The maximum atomic E-state index is 11.6. The summed E-state index contributed by atoms with van der Waals surface area (Å²) in [5.41, 5.74) is 0. The lowest BCUT2D eigenvalue weighted by atomic mass is 10.2. The second-order valence-electron chi connectivity index (χ2n) is 5.68. The largest absolute Gasteiger partial charge is 0.389 e. The molecule has 1 heterocycles. The maximum Gasteiger partial charge on any atom is 0.154 e. The zero-order valence-electron chi connectivity index (χ0n) is 11.4. The third-order valence-electron chi connectivity index (χ3n) is 4.04. The van der Waals surface area contributed by atoms with Crippen LogP contribution in [-0.2, 0) is 14.6 Å². The number of ether oxygens (including phenoxy) is 1. The van der Waals surface area contributed by atoms with Crippen molar-refractivity contribution in [3.63, 3.8) is 0 Å². The molecule has 0 bridgehead atoms. The summed E-state index contributed by atoms with van der Waals surface area (Å²) in [7, 11) is -2.89. The van der Waals surface area contributed by atoms with Crippen molar-refractivity contribution >= 4 is 9.84 Å². The zero-order valence-corrected chi connectivity index (χ0v) is 12.2. The van der Waals surface area contributed by atoms with E-state index in [2.05, 4.69) is 5.32 Å². The molecule has 0 spiro atoms. The highest BCUT2D eigenvalue weighted by molar-refractivity contribution is 7.92. The summed E-state index contributed by atoms with van der Waals surface area (Å²) in [6.07, 6.45) is 5.90. The van der Waals surface area contributed by atoms with Crippen LogP contribution in [0.25, 0.3) is 0 Å². The molecule has 5 nitrogen and oxygen atoms in total. The normalized spacial score (nSPS) is 28.8. The lowest BCUT2D eigenvalue weighted by Crippen LogP contribution is -2.37. The zero-order chi connectivity index (χ0) is 13.7. The van der Waals surface area contributed by atoms with E-state index in [-0.39, 0.29) is 5.25 Å². The van der Waals surface area contributed by atoms with Crippen LogP contribution in [0.5, 0.6) is 0 Å². The smallest absolute Gasteiger partial charge is 0.154 e. The fourth-order valence-electron chi connectivity index (χ4n) is 2.86. The van der Waals surface area contributed by atoms with Gasteiger partial charge in [-0.3, -0.25) is 0 Å². The van der Waals surface area contributed by atoms with Crippen LogP contribution < -0.4 is 5.32 Å². The first kappa shape index (κ1) is 15.2. The van der Waals surface area contributed by atoms with Crippen molar-refractivity contribution in [3.8, 4) is 0 Å². The van der Waals surface area contributed by atoms with Gasteiger partial charge in [-0.1, -0.05) is 12.8 Å². The molecule has 1 saturated carbocycles. The minimum Gasteiger partial charge on any atom is -0.389 e. The third-order valence-corrected chi connectivity index (χ3v) is 6.32. The van der Waals surface area contributed by atoms with Crippen molar-refractivity contribution in [3.05, 3.63) is 0 Å². The SMILES string of the molecule is O=S1(=O)CCCC1CNCC(O)COC1CCCC1. The Morgan fingerprint density at radius 2 is 1.95 bits per heavy atom. The first-order chi connectivity index (χ1) is 9.08. The van der Waals surface area contributed by atoms with Gasteiger partial charge in [-0.25, -0.2) is 8.42 Å². The summed E-state index contributed by atoms with van der Waals surface area (Å²) in [5, 5.41) is 12.6. The van der Waals surface area contributed by atoms with Gasteiger partial charge in [0.15, 0.2) is 9.84 Å². The van der Waals surface area contributed by atoms with Crippen molar-refractivity contribution in [1.82, 2.24) is 5.32 Å². The van der Waals surface area contributed by atoms with Crippen LogP contribution in [0.4, 0.5) is 0 Å². The molecule has 0 aromatic carbocycles. The van der Waals surface area contributed by atoms with Crippen LogP contribution in [0.1, 0.15) is 38.5 Å². The number of nitrogens with one attached hydrogen (secondary N) is 1. The maximum absolute atomic E-state index is 11.6. The van der Waals surface area contributed by atoms with E-state index in [4.69, 9.17) is 4.74 Å². The summed E-state index contributed by atoms with van der Waals surface area (Å²) >= 11 is 0. The molecule has 112 valence electrons. The lowest BCUT2D eigenvalue weighted by Gasteiger charge is -2.17. The van der Waals surface area contributed by atoms with E-state index in [0.29, 0.717) is 31.6 Å². The number of aliphatic hydroxyl groups is 1. The molecule has 1 aliphatic heterocycles. The molecule has 19 heavy (non-hydrogen) atoms. The summed E-state index contributed by atoms with van der Waals surface area (Å²) in [6, 6.07) is 0. The Kier molecular flexibility index (Phi) is 5.62. The second kappa shape index (κ2) is 7.02. The van der Waals surface area contributed by atoms with E-state index >= 15 is 0 Å². The van der Waals surface area contributed by atoms with Crippen LogP contribution >= 0.6 is 0 Å². The van der Waals surface area contributed by atoms with Crippen LogP contribution in [-0.4, -0.2) is 56.4 Å². The van der Waals surface area contributed by atoms with Gasteiger partial charge in [0.1, 0.15) is 0 Å².